The Morgan fingerprint density at radius 2 is 1.84 bits per heavy atom. The molecule has 4 aromatic rings. The van der Waals surface area contributed by atoms with Gasteiger partial charge in [-0.25, -0.2) is 4.98 Å². The number of Topliss-reactive ketones (excluding diaryl/α,β-unsaturated/α-hetero) is 1. The Hall–Kier alpha value is -3.10. The molecule has 0 bridgehead atoms. The highest BCUT2D eigenvalue weighted by Crippen LogP contribution is 2.34. The van der Waals surface area contributed by atoms with Gasteiger partial charge in [0.05, 0.1) is 15.9 Å². The van der Waals surface area contributed by atoms with Crippen molar-refractivity contribution in [2.75, 3.05) is 4.90 Å². The molecule has 6 nitrogen and oxygen atoms in total. The lowest BCUT2D eigenvalue weighted by Crippen LogP contribution is -2.26. The number of amides is 1. The summed E-state index contributed by atoms with van der Waals surface area (Å²) >= 11 is 2.62. The number of nitrogens with zero attached hydrogens (tertiary/aromatic N) is 3. The molecule has 31 heavy (non-hydrogen) atoms. The Morgan fingerprint density at radius 1 is 1.10 bits per heavy atom. The zero-order chi connectivity index (χ0) is 22.0. The molecule has 2 aromatic heterocycles. The number of anilines is 2. The number of fused-ring (bicyclic) bond motifs is 1. The molecule has 158 valence electrons. The van der Waals surface area contributed by atoms with Crippen LogP contribution in [0.1, 0.15) is 35.8 Å². The molecule has 0 saturated heterocycles. The first-order valence-corrected chi connectivity index (χ1v) is 11.6. The summed E-state index contributed by atoms with van der Waals surface area (Å²) in [6.45, 7) is 3.90. The molecule has 2 aromatic carbocycles. The number of aryl methyl sites for hydroxylation is 1. The molecular formula is C23H21N3O3S2. The monoisotopic (exact) mass is 451 g/mol. The van der Waals surface area contributed by atoms with Crippen LogP contribution in [0.5, 0.6) is 0 Å². The van der Waals surface area contributed by atoms with E-state index in [-0.39, 0.29) is 23.0 Å². The van der Waals surface area contributed by atoms with Crippen LogP contribution in [0.3, 0.4) is 0 Å². The molecule has 0 spiro atoms. The molecule has 0 N–H and O–H groups in total. The molecular weight excluding hydrogens is 430 g/mol. The summed E-state index contributed by atoms with van der Waals surface area (Å²) in [5.74, 6) is -0.128. The summed E-state index contributed by atoms with van der Waals surface area (Å²) < 4.78 is 2.69. The second kappa shape index (κ2) is 8.95. The lowest BCUT2D eigenvalue weighted by Gasteiger charge is -2.20. The molecule has 0 radical (unpaired) electrons. The van der Waals surface area contributed by atoms with Gasteiger partial charge in [-0.2, -0.15) is 0 Å². The van der Waals surface area contributed by atoms with Gasteiger partial charge in [0, 0.05) is 29.6 Å². The first kappa shape index (κ1) is 21.1. The second-order valence-electron chi connectivity index (χ2n) is 7.19. The van der Waals surface area contributed by atoms with E-state index in [1.54, 1.807) is 33.7 Å². The Balaban J connectivity index is 1.61. The lowest BCUT2D eigenvalue weighted by atomic mass is 10.1. The molecule has 0 fully saturated rings. The first-order chi connectivity index (χ1) is 14.9. The number of ketones is 1. The van der Waals surface area contributed by atoms with Gasteiger partial charge in [-0.15, -0.1) is 0 Å². The van der Waals surface area contributed by atoms with E-state index < -0.39 is 0 Å². The van der Waals surface area contributed by atoms with Gasteiger partial charge in [0.25, 0.3) is 0 Å². The van der Waals surface area contributed by atoms with Crippen molar-refractivity contribution in [2.45, 2.75) is 33.2 Å². The molecule has 0 aliphatic heterocycles. The van der Waals surface area contributed by atoms with Gasteiger partial charge in [-0.05, 0) is 56.7 Å². The van der Waals surface area contributed by atoms with Crippen molar-refractivity contribution in [1.82, 2.24) is 9.55 Å². The van der Waals surface area contributed by atoms with E-state index in [0.29, 0.717) is 29.3 Å². The quantitative estimate of drug-likeness (QED) is 0.363. The van der Waals surface area contributed by atoms with Crippen LogP contribution in [0, 0.1) is 6.92 Å². The number of aromatic nitrogens is 2. The van der Waals surface area contributed by atoms with Crippen LogP contribution in [-0.4, -0.2) is 21.2 Å². The van der Waals surface area contributed by atoms with Gasteiger partial charge >= 0.3 is 4.87 Å². The fraction of sp³-hybridized carbons (Fsp3) is 0.217. The number of carbonyl (C=O) groups excluding carboxylic acids is 2. The van der Waals surface area contributed by atoms with Crippen LogP contribution in [0.25, 0.3) is 10.2 Å². The highest BCUT2D eigenvalue weighted by molar-refractivity contribution is 7.22. The number of para-hydroxylation sites is 1. The summed E-state index contributed by atoms with van der Waals surface area (Å²) in [5.41, 5.74) is 3.00. The summed E-state index contributed by atoms with van der Waals surface area (Å²) in [5, 5.41) is 2.42. The normalized spacial score (nSPS) is 11.0. The SMILES string of the molecule is CC(=O)c1ccc(N(C(=O)CCCn2c(C)csc2=O)c2nc3ccccc3s2)cc1. The fourth-order valence-corrected chi connectivity index (χ4v) is 5.10. The summed E-state index contributed by atoms with van der Waals surface area (Å²) in [4.78, 5) is 43.1. The Kier molecular flexibility index (Phi) is 6.11. The summed E-state index contributed by atoms with van der Waals surface area (Å²) in [7, 11) is 0. The van der Waals surface area contributed by atoms with Gasteiger partial charge in [0.1, 0.15) is 0 Å². The first-order valence-electron chi connectivity index (χ1n) is 9.88. The van der Waals surface area contributed by atoms with E-state index in [4.69, 9.17) is 0 Å². The zero-order valence-electron chi connectivity index (χ0n) is 17.2. The number of benzene rings is 2. The van der Waals surface area contributed by atoms with E-state index in [1.807, 2.05) is 36.6 Å². The van der Waals surface area contributed by atoms with Crippen LogP contribution in [0.15, 0.2) is 58.7 Å². The van der Waals surface area contributed by atoms with E-state index >= 15 is 0 Å². The molecule has 4 rings (SSSR count). The minimum Gasteiger partial charge on any atom is -0.303 e. The van der Waals surface area contributed by atoms with Gasteiger partial charge in [0.15, 0.2) is 10.9 Å². The lowest BCUT2D eigenvalue weighted by molar-refractivity contribution is -0.118. The third-order valence-electron chi connectivity index (χ3n) is 5.00. The number of thiazole rings is 2. The van der Waals surface area contributed by atoms with Crippen LogP contribution >= 0.6 is 22.7 Å². The third-order valence-corrected chi connectivity index (χ3v) is 6.91. The Morgan fingerprint density at radius 3 is 2.48 bits per heavy atom. The van der Waals surface area contributed by atoms with Crippen LogP contribution in [-0.2, 0) is 11.3 Å². The Labute approximate surface area is 187 Å². The second-order valence-corrected chi connectivity index (χ2v) is 9.02. The van der Waals surface area contributed by atoms with Gasteiger partial charge in [0.2, 0.25) is 5.91 Å². The maximum Gasteiger partial charge on any atom is 0.307 e. The fourth-order valence-electron chi connectivity index (χ4n) is 3.34. The van der Waals surface area contributed by atoms with Gasteiger partial charge in [-0.3, -0.25) is 19.3 Å². The predicted molar refractivity (Wildman–Crippen MR) is 126 cm³/mol. The summed E-state index contributed by atoms with van der Waals surface area (Å²) in [6.07, 6.45) is 0.815. The largest absolute Gasteiger partial charge is 0.307 e. The molecule has 0 unspecified atom stereocenters. The van der Waals surface area contributed by atoms with Crippen molar-refractivity contribution >= 4 is 55.4 Å². The molecule has 1 amide bonds. The number of carbonyl (C=O) groups is 2. The van der Waals surface area contributed by atoms with Crippen molar-refractivity contribution in [2.24, 2.45) is 0 Å². The molecule has 0 aliphatic carbocycles. The molecule has 8 heteroatoms. The van der Waals surface area contributed by atoms with Crippen LogP contribution in [0.4, 0.5) is 10.8 Å². The molecule has 0 atom stereocenters. The maximum absolute atomic E-state index is 13.3. The van der Waals surface area contributed by atoms with E-state index in [0.717, 1.165) is 15.9 Å². The average Bonchev–Trinajstić information content (AvgIpc) is 3.32. The average molecular weight is 452 g/mol. The number of rotatable bonds is 7. The Bertz CT molecular complexity index is 1270. The molecule has 0 aliphatic rings. The smallest absolute Gasteiger partial charge is 0.303 e. The van der Waals surface area contributed by atoms with Crippen molar-refractivity contribution in [3.63, 3.8) is 0 Å². The van der Waals surface area contributed by atoms with Crippen molar-refractivity contribution < 1.29 is 9.59 Å². The number of hydrogen-bond acceptors (Lipinski definition) is 6. The zero-order valence-corrected chi connectivity index (χ0v) is 18.8. The third kappa shape index (κ3) is 4.50. The predicted octanol–water partition coefficient (Wildman–Crippen LogP) is 5.18. The summed E-state index contributed by atoms with van der Waals surface area (Å²) in [6, 6.07) is 14.7. The molecule has 2 heterocycles. The van der Waals surface area contributed by atoms with E-state index in [9.17, 15) is 14.4 Å². The highest BCUT2D eigenvalue weighted by Gasteiger charge is 2.22. The standard InChI is InChI=1S/C23H21N3O3S2/c1-15-14-30-23(29)25(15)13-5-8-21(28)26(18-11-9-17(10-12-18)16(2)27)22-24-19-6-3-4-7-20(19)31-22/h3-4,6-7,9-12,14H,5,8,13H2,1-2H3. The highest BCUT2D eigenvalue weighted by atomic mass is 32.1. The minimum absolute atomic E-state index is 0.00667. The van der Waals surface area contributed by atoms with Crippen LogP contribution < -0.4 is 9.77 Å². The number of hydrogen-bond donors (Lipinski definition) is 0. The molecule has 0 saturated carbocycles. The maximum atomic E-state index is 13.3. The minimum atomic E-state index is -0.101. The van der Waals surface area contributed by atoms with Crippen molar-refractivity contribution in [3.05, 3.63) is 74.8 Å². The van der Waals surface area contributed by atoms with Crippen molar-refractivity contribution in [3.8, 4) is 0 Å². The van der Waals surface area contributed by atoms with Crippen LogP contribution in [0.2, 0.25) is 0 Å². The van der Waals surface area contributed by atoms with E-state index in [1.165, 1.54) is 29.6 Å². The van der Waals surface area contributed by atoms with Crippen molar-refractivity contribution in [1.29, 1.82) is 0 Å². The van der Waals surface area contributed by atoms with Gasteiger partial charge in [-0.1, -0.05) is 34.8 Å². The topological polar surface area (TPSA) is 72.3 Å². The van der Waals surface area contributed by atoms with E-state index in [2.05, 4.69) is 4.98 Å². The van der Waals surface area contributed by atoms with Gasteiger partial charge < -0.3 is 4.57 Å².